The van der Waals surface area contributed by atoms with Crippen molar-refractivity contribution in [2.45, 2.75) is 20.4 Å². The van der Waals surface area contributed by atoms with Gasteiger partial charge in [-0.25, -0.2) is 0 Å². The van der Waals surface area contributed by atoms with Crippen LogP contribution in [0.4, 0.5) is 5.82 Å². The number of nitrogens with one attached hydrogen (secondary N) is 1. The quantitative estimate of drug-likeness (QED) is 0.778. The predicted molar refractivity (Wildman–Crippen MR) is 69.7 cm³/mol. The summed E-state index contributed by atoms with van der Waals surface area (Å²) in [6.07, 6.45) is 0. The fraction of sp³-hybridized carbons (Fsp3) is 0.273. The van der Waals surface area contributed by atoms with Gasteiger partial charge in [-0.3, -0.25) is 0 Å². The summed E-state index contributed by atoms with van der Waals surface area (Å²) in [6.45, 7) is 5.02. The molecule has 0 spiro atoms. The molecule has 0 atom stereocenters. The number of fused-ring (bicyclic) bond motifs is 1. The van der Waals surface area contributed by atoms with Crippen LogP contribution < -0.4 is 5.32 Å². The molecule has 0 radical (unpaired) electrons. The summed E-state index contributed by atoms with van der Waals surface area (Å²) in [4.78, 5) is 2.65. The van der Waals surface area contributed by atoms with Gasteiger partial charge in [0.15, 0.2) is 5.65 Å². The third kappa shape index (κ3) is 2.04. The molecular formula is C11H12N6S. The van der Waals surface area contributed by atoms with Crippen molar-refractivity contribution in [1.82, 2.24) is 25.3 Å². The minimum absolute atomic E-state index is 0.642. The molecule has 0 aromatic carbocycles. The maximum atomic E-state index is 4.25. The Morgan fingerprint density at radius 1 is 1.33 bits per heavy atom. The number of anilines is 1. The highest BCUT2D eigenvalue weighted by Gasteiger charge is 2.03. The summed E-state index contributed by atoms with van der Waals surface area (Å²) < 4.78 is 1.41. The van der Waals surface area contributed by atoms with Gasteiger partial charge in [0.1, 0.15) is 5.82 Å². The lowest BCUT2D eigenvalue weighted by atomic mass is 10.3. The lowest BCUT2D eigenvalue weighted by molar-refractivity contribution is 0.734. The minimum atomic E-state index is 0.642. The molecule has 92 valence electrons. The van der Waals surface area contributed by atoms with Crippen LogP contribution in [0.25, 0.3) is 5.65 Å². The first-order valence-electron chi connectivity index (χ1n) is 5.57. The van der Waals surface area contributed by atoms with Gasteiger partial charge in [-0.15, -0.1) is 26.2 Å². The van der Waals surface area contributed by atoms with E-state index < -0.39 is 0 Å². The van der Waals surface area contributed by atoms with Gasteiger partial charge in [-0.1, -0.05) is 0 Å². The van der Waals surface area contributed by atoms with Gasteiger partial charge in [-0.2, -0.15) is 0 Å². The SMILES string of the molecule is Cc1cc(CNc2ccc3nnnn3n2)sc1C. The molecule has 6 nitrogen and oxygen atoms in total. The first kappa shape index (κ1) is 11.1. The van der Waals surface area contributed by atoms with E-state index in [0.29, 0.717) is 5.65 Å². The highest BCUT2D eigenvalue weighted by atomic mass is 32.1. The Morgan fingerprint density at radius 3 is 3.00 bits per heavy atom. The molecule has 0 aliphatic rings. The minimum Gasteiger partial charge on any atom is -0.364 e. The maximum absolute atomic E-state index is 4.25. The number of aromatic nitrogens is 5. The van der Waals surface area contributed by atoms with Crippen molar-refractivity contribution in [3.8, 4) is 0 Å². The third-order valence-corrected chi connectivity index (χ3v) is 3.88. The summed E-state index contributed by atoms with van der Waals surface area (Å²) in [5.41, 5.74) is 1.98. The number of hydrogen-bond donors (Lipinski definition) is 1. The normalized spacial score (nSPS) is 11.0. The summed E-state index contributed by atoms with van der Waals surface area (Å²) in [6, 6.07) is 5.90. The van der Waals surface area contributed by atoms with Crippen molar-refractivity contribution in [3.63, 3.8) is 0 Å². The molecule has 0 amide bonds. The Hall–Kier alpha value is -2.02. The van der Waals surface area contributed by atoms with Crippen LogP contribution >= 0.6 is 11.3 Å². The summed E-state index contributed by atoms with van der Waals surface area (Å²) in [5, 5.41) is 18.6. The Balaban J connectivity index is 1.76. The number of tetrazole rings is 1. The molecule has 7 heteroatoms. The molecular weight excluding hydrogens is 248 g/mol. The smallest absolute Gasteiger partial charge is 0.200 e. The number of thiophene rings is 1. The molecule has 3 heterocycles. The molecule has 3 aromatic heterocycles. The van der Waals surface area contributed by atoms with Crippen LogP contribution in [0.15, 0.2) is 18.2 Å². The third-order valence-electron chi connectivity index (χ3n) is 2.73. The van der Waals surface area contributed by atoms with Gasteiger partial charge < -0.3 is 5.32 Å². The van der Waals surface area contributed by atoms with Gasteiger partial charge in [-0.05, 0) is 48.0 Å². The fourth-order valence-corrected chi connectivity index (χ4v) is 2.65. The van der Waals surface area contributed by atoms with Crippen LogP contribution in [-0.2, 0) is 6.54 Å². The molecule has 0 bridgehead atoms. The standard InChI is InChI=1S/C11H12N6S/c1-7-5-9(18-8(7)2)6-12-10-3-4-11-13-15-16-17(11)14-10/h3-5H,6H2,1-2H3,(H,12,14). The van der Waals surface area contributed by atoms with Crippen LogP contribution in [-0.4, -0.2) is 25.3 Å². The molecule has 1 N–H and O–H groups in total. The number of rotatable bonds is 3. The molecule has 3 rings (SSSR count). The van der Waals surface area contributed by atoms with E-state index >= 15 is 0 Å². The molecule has 0 aliphatic carbocycles. The monoisotopic (exact) mass is 260 g/mol. The molecule has 0 unspecified atom stereocenters. The average molecular weight is 260 g/mol. The van der Waals surface area contributed by atoms with Crippen LogP contribution in [0.2, 0.25) is 0 Å². The van der Waals surface area contributed by atoms with Crippen molar-refractivity contribution in [2.24, 2.45) is 0 Å². The molecule has 3 aromatic rings. The second-order valence-corrected chi connectivity index (χ2v) is 5.39. The first-order chi connectivity index (χ1) is 8.72. The van der Waals surface area contributed by atoms with E-state index in [1.807, 2.05) is 12.1 Å². The van der Waals surface area contributed by atoms with Crippen molar-refractivity contribution in [1.29, 1.82) is 0 Å². The van der Waals surface area contributed by atoms with Gasteiger partial charge >= 0.3 is 0 Å². The highest BCUT2D eigenvalue weighted by Crippen LogP contribution is 2.21. The fourth-order valence-electron chi connectivity index (χ4n) is 1.66. The molecule has 0 aliphatic heterocycles. The van der Waals surface area contributed by atoms with Crippen molar-refractivity contribution in [3.05, 3.63) is 33.5 Å². The van der Waals surface area contributed by atoms with Crippen molar-refractivity contribution in [2.75, 3.05) is 5.32 Å². The lowest BCUT2D eigenvalue weighted by Gasteiger charge is -2.02. The average Bonchev–Trinajstić information content (AvgIpc) is 2.94. The van der Waals surface area contributed by atoms with E-state index in [4.69, 9.17) is 0 Å². The lowest BCUT2D eigenvalue weighted by Crippen LogP contribution is -2.03. The maximum Gasteiger partial charge on any atom is 0.200 e. The van der Waals surface area contributed by atoms with E-state index in [2.05, 4.69) is 45.9 Å². The van der Waals surface area contributed by atoms with E-state index in [1.165, 1.54) is 19.9 Å². The van der Waals surface area contributed by atoms with Crippen molar-refractivity contribution < 1.29 is 0 Å². The summed E-state index contributed by atoms with van der Waals surface area (Å²) >= 11 is 1.80. The second-order valence-electron chi connectivity index (χ2n) is 4.05. The van der Waals surface area contributed by atoms with Gasteiger partial charge in [0.05, 0.1) is 6.54 Å². The Bertz CT molecular complexity index is 666. The van der Waals surface area contributed by atoms with Gasteiger partial charge in [0, 0.05) is 9.75 Å². The van der Waals surface area contributed by atoms with Gasteiger partial charge in [0.2, 0.25) is 0 Å². The van der Waals surface area contributed by atoms with E-state index in [9.17, 15) is 0 Å². The topological polar surface area (TPSA) is 68.0 Å². The largest absolute Gasteiger partial charge is 0.364 e. The number of nitrogens with zero attached hydrogens (tertiary/aromatic N) is 5. The zero-order valence-electron chi connectivity index (χ0n) is 10.1. The van der Waals surface area contributed by atoms with E-state index in [-0.39, 0.29) is 0 Å². The Morgan fingerprint density at radius 2 is 2.22 bits per heavy atom. The highest BCUT2D eigenvalue weighted by molar-refractivity contribution is 7.12. The first-order valence-corrected chi connectivity index (χ1v) is 6.39. The molecule has 0 fully saturated rings. The Kier molecular flexibility index (Phi) is 2.67. The zero-order valence-corrected chi connectivity index (χ0v) is 10.9. The van der Waals surface area contributed by atoms with Crippen LogP contribution in [0, 0.1) is 13.8 Å². The second kappa shape index (κ2) is 4.34. The zero-order chi connectivity index (χ0) is 12.5. The molecule has 0 saturated carbocycles. The van der Waals surface area contributed by atoms with Crippen LogP contribution in [0.3, 0.4) is 0 Å². The summed E-state index contributed by atoms with van der Waals surface area (Å²) in [5.74, 6) is 0.763. The van der Waals surface area contributed by atoms with E-state index in [1.54, 1.807) is 11.3 Å². The Labute approximate surface area is 108 Å². The van der Waals surface area contributed by atoms with Crippen molar-refractivity contribution >= 4 is 22.8 Å². The van der Waals surface area contributed by atoms with E-state index in [0.717, 1.165) is 12.4 Å². The van der Waals surface area contributed by atoms with Crippen LogP contribution in [0.1, 0.15) is 15.3 Å². The predicted octanol–water partition coefficient (Wildman–Crippen LogP) is 1.81. The summed E-state index contributed by atoms with van der Waals surface area (Å²) in [7, 11) is 0. The number of hydrogen-bond acceptors (Lipinski definition) is 6. The number of aryl methyl sites for hydroxylation is 2. The molecule has 0 saturated heterocycles. The van der Waals surface area contributed by atoms with Crippen LogP contribution in [0.5, 0.6) is 0 Å². The van der Waals surface area contributed by atoms with Gasteiger partial charge in [0.25, 0.3) is 0 Å². The molecule has 18 heavy (non-hydrogen) atoms.